The summed E-state index contributed by atoms with van der Waals surface area (Å²) in [4.78, 5) is 19.7. The van der Waals surface area contributed by atoms with Gasteiger partial charge in [-0.3, -0.25) is 4.79 Å². The van der Waals surface area contributed by atoms with Crippen molar-refractivity contribution in [2.24, 2.45) is 0 Å². The predicted octanol–water partition coefficient (Wildman–Crippen LogP) is 3.45. The second-order valence-electron chi connectivity index (χ2n) is 5.05. The van der Waals surface area contributed by atoms with Gasteiger partial charge in [-0.1, -0.05) is 18.2 Å². The average molecular weight is 324 g/mol. The van der Waals surface area contributed by atoms with Crippen LogP contribution in [-0.4, -0.2) is 21.6 Å². The minimum Gasteiger partial charge on any atom is -0.356 e. The smallest absolute Gasteiger partial charge is 0.290 e. The minimum atomic E-state index is -0.419. The third kappa shape index (κ3) is 4.02. The zero-order valence-electron chi connectivity index (χ0n) is 12.0. The van der Waals surface area contributed by atoms with E-state index in [1.54, 1.807) is 18.0 Å². The Labute approximate surface area is 133 Å². The van der Waals surface area contributed by atoms with E-state index in [0.29, 0.717) is 11.7 Å². The van der Waals surface area contributed by atoms with Crippen LogP contribution in [0, 0.1) is 0 Å². The van der Waals surface area contributed by atoms with Crippen molar-refractivity contribution in [2.75, 3.05) is 16.9 Å². The highest BCUT2D eigenvalue weighted by molar-refractivity contribution is 7.99. The van der Waals surface area contributed by atoms with E-state index in [4.69, 9.17) is 11.6 Å². The Morgan fingerprint density at radius 1 is 1.38 bits per heavy atom. The zero-order valence-corrected chi connectivity index (χ0v) is 13.6. The highest BCUT2D eigenvalue weighted by atomic mass is 35.5. The van der Waals surface area contributed by atoms with Crippen LogP contribution < -0.4 is 10.9 Å². The SMILES string of the molecule is CC(C)(Nc1ncc[nH]c1=O)c1ccccc1SCCCl. The molecule has 0 spiro atoms. The Hall–Kier alpha value is -1.46. The Morgan fingerprint density at radius 3 is 2.86 bits per heavy atom. The molecular weight excluding hydrogens is 306 g/mol. The van der Waals surface area contributed by atoms with Crippen molar-refractivity contribution in [3.63, 3.8) is 0 Å². The molecule has 0 aliphatic rings. The van der Waals surface area contributed by atoms with Gasteiger partial charge < -0.3 is 10.3 Å². The van der Waals surface area contributed by atoms with Gasteiger partial charge in [-0.15, -0.1) is 23.4 Å². The lowest BCUT2D eigenvalue weighted by Gasteiger charge is -2.29. The van der Waals surface area contributed by atoms with E-state index in [2.05, 4.69) is 27.4 Å². The van der Waals surface area contributed by atoms with Gasteiger partial charge in [-0.05, 0) is 25.5 Å². The van der Waals surface area contributed by atoms with Gasteiger partial charge in [-0.25, -0.2) is 4.98 Å². The quantitative estimate of drug-likeness (QED) is 0.631. The summed E-state index contributed by atoms with van der Waals surface area (Å²) >= 11 is 7.49. The normalized spacial score (nSPS) is 11.4. The minimum absolute atomic E-state index is 0.225. The van der Waals surface area contributed by atoms with E-state index >= 15 is 0 Å². The number of halogens is 1. The molecule has 2 N–H and O–H groups in total. The summed E-state index contributed by atoms with van der Waals surface area (Å²) in [6.45, 7) is 4.06. The van der Waals surface area contributed by atoms with Gasteiger partial charge in [-0.2, -0.15) is 0 Å². The lowest BCUT2D eigenvalue weighted by atomic mass is 9.94. The lowest BCUT2D eigenvalue weighted by molar-refractivity contribution is 0.592. The molecule has 1 aromatic heterocycles. The third-order valence-corrected chi connectivity index (χ3v) is 4.52. The van der Waals surface area contributed by atoms with Crippen LogP contribution in [0.4, 0.5) is 5.82 Å². The van der Waals surface area contributed by atoms with Crippen molar-refractivity contribution in [1.82, 2.24) is 9.97 Å². The van der Waals surface area contributed by atoms with Crippen molar-refractivity contribution in [2.45, 2.75) is 24.3 Å². The molecule has 0 saturated heterocycles. The Bertz CT molecular complexity index is 657. The van der Waals surface area contributed by atoms with Crippen LogP contribution in [0.1, 0.15) is 19.4 Å². The molecule has 4 nitrogen and oxygen atoms in total. The van der Waals surface area contributed by atoms with E-state index in [-0.39, 0.29) is 5.56 Å². The topological polar surface area (TPSA) is 57.8 Å². The van der Waals surface area contributed by atoms with Crippen molar-refractivity contribution in [3.05, 3.63) is 52.6 Å². The van der Waals surface area contributed by atoms with Crippen LogP contribution >= 0.6 is 23.4 Å². The first-order valence-corrected chi connectivity index (χ1v) is 8.17. The van der Waals surface area contributed by atoms with Crippen LogP contribution in [0.25, 0.3) is 0 Å². The van der Waals surface area contributed by atoms with Gasteiger partial charge in [0.2, 0.25) is 0 Å². The maximum Gasteiger partial charge on any atom is 0.290 e. The molecule has 1 aromatic carbocycles. The lowest BCUT2D eigenvalue weighted by Crippen LogP contribution is -2.32. The summed E-state index contributed by atoms with van der Waals surface area (Å²) in [6, 6.07) is 8.12. The fourth-order valence-corrected chi connectivity index (χ4v) is 3.24. The largest absolute Gasteiger partial charge is 0.356 e. The van der Waals surface area contributed by atoms with Crippen LogP contribution in [0.5, 0.6) is 0 Å². The van der Waals surface area contributed by atoms with Crippen LogP contribution in [0.15, 0.2) is 46.3 Å². The van der Waals surface area contributed by atoms with Crippen LogP contribution in [0.3, 0.4) is 0 Å². The molecular formula is C15H18ClN3OS. The molecule has 0 aliphatic carbocycles. The second-order valence-corrected chi connectivity index (χ2v) is 6.57. The maximum atomic E-state index is 11.8. The van der Waals surface area contributed by atoms with Crippen molar-refractivity contribution in [1.29, 1.82) is 0 Å². The zero-order chi connectivity index (χ0) is 15.3. The first-order chi connectivity index (χ1) is 10.0. The second kappa shape index (κ2) is 7.00. The van der Waals surface area contributed by atoms with Crippen molar-refractivity contribution < 1.29 is 0 Å². The molecule has 0 saturated carbocycles. The van der Waals surface area contributed by atoms with E-state index in [1.807, 2.05) is 26.0 Å². The molecule has 0 fully saturated rings. The molecule has 0 atom stereocenters. The number of alkyl halides is 1. The van der Waals surface area contributed by atoms with Gasteiger partial charge in [0.05, 0.1) is 5.54 Å². The number of nitrogens with zero attached hydrogens (tertiary/aromatic N) is 1. The number of nitrogens with one attached hydrogen (secondary N) is 2. The number of H-pyrrole nitrogens is 1. The number of hydrogen-bond acceptors (Lipinski definition) is 4. The molecule has 0 radical (unpaired) electrons. The fourth-order valence-electron chi connectivity index (χ4n) is 2.06. The third-order valence-electron chi connectivity index (χ3n) is 3.03. The standard InChI is InChI=1S/C15H18ClN3OS/c1-15(2,19-13-14(20)18-9-8-17-13)11-5-3-4-6-12(11)21-10-7-16/h3-6,8-9H,7,10H2,1-2H3,(H,17,19)(H,18,20). The number of aromatic amines is 1. The van der Waals surface area contributed by atoms with Gasteiger partial charge in [0, 0.05) is 28.9 Å². The summed E-state index contributed by atoms with van der Waals surface area (Å²) in [6.07, 6.45) is 3.08. The molecule has 2 aromatic rings. The number of benzene rings is 1. The monoisotopic (exact) mass is 323 g/mol. The summed E-state index contributed by atoms with van der Waals surface area (Å²) in [5, 5.41) is 3.22. The maximum absolute atomic E-state index is 11.8. The van der Waals surface area contributed by atoms with Crippen molar-refractivity contribution >= 4 is 29.2 Å². The van der Waals surface area contributed by atoms with Crippen LogP contribution in [-0.2, 0) is 5.54 Å². The molecule has 112 valence electrons. The summed E-state index contributed by atoms with van der Waals surface area (Å²) in [5.74, 6) is 1.77. The number of thioether (sulfide) groups is 1. The Morgan fingerprint density at radius 2 is 2.14 bits per heavy atom. The molecule has 0 bridgehead atoms. The van der Waals surface area contributed by atoms with Crippen molar-refractivity contribution in [3.8, 4) is 0 Å². The summed E-state index contributed by atoms with van der Waals surface area (Å²) in [7, 11) is 0. The number of anilines is 1. The Kier molecular flexibility index (Phi) is 5.31. The average Bonchev–Trinajstić information content (AvgIpc) is 2.47. The number of rotatable bonds is 6. The molecule has 0 unspecified atom stereocenters. The van der Waals surface area contributed by atoms with Crippen LogP contribution in [0.2, 0.25) is 0 Å². The number of aromatic nitrogens is 2. The van der Waals surface area contributed by atoms with E-state index in [1.165, 1.54) is 6.20 Å². The molecule has 1 heterocycles. The van der Waals surface area contributed by atoms with E-state index in [0.717, 1.165) is 16.2 Å². The molecule has 6 heteroatoms. The highest BCUT2D eigenvalue weighted by Gasteiger charge is 2.24. The molecule has 0 amide bonds. The summed E-state index contributed by atoms with van der Waals surface area (Å²) in [5.41, 5.74) is 0.471. The number of hydrogen-bond donors (Lipinski definition) is 2. The molecule has 21 heavy (non-hydrogen) atoms. The van der Waals surface area contributed by atoms with Gasteiger partial charge in [0.25, 0.3) is 5.56 Å². The first kappa shape index (κ1) is 15.9. The predicted molar refractivity (Wildman–Crippen MR) is 89.4 cm³/mol. The summed E-state index contributed by atoms with van der Waals surface area (Å²) < 4.78 is 0. The first-order valence-electron chi connectivity index (χ1n) is 6.65. The fraction of sp³-hybridized carbons (Fsp3) is 0.333. The Balaban J connectivity index is 2.31. The van der Waals surface area contributed by atoms with E-state index < -0.39 is 5.54 Å². The van der Waals surface area contributed by atoms with Gasteiger partial charge in [0.1, 0.15) is 0 Å². The van der Waals surface area contributed by atoms with Gasteiger partial charge in [0.15, 0.2) is 5.82 Å². The molecule has 0 aliphatic heterocycles. The highest BCUT2D eigenvalue weighted by Crippen LogP contribution is 2.32. The van der Waals surface area contributed by atoms with E-state index in [9.17, 15) is 4.79 Å². The van der Waals surface area contributed by atoms with Gasteiger partial charge >= 0.3 is 0 Å². The molecule has 2 rings (SSSR count).